The molecular formula is C9H11N3. The highest BCUT2D eigenvalue weighted by Gasteiger charge is 2.31. The first kappa shape index (κ1) is 6.40. The van der Waals surface area contributed by atoms with E-state index in [9.17, 15) is 0 Å². The summed E-state index contributed by atoms with van der Waals surface area (Å²) < 4.78 is 0. The summed E-state index contributed by atoms with van der Waals surface area (Å²) in [6, 6.07) is 0. The minimum atomic E-state index is 0.330. The normalized spacial score (nSPS) is 36.7. The molecule has 3 aliphatic rings. The number of rotatable bonds is 0. The zero-order valence-electron chi connectivity index (χ0n) is 6.85. The first-order valence-corrected chi connectivity index (χ1v) is 4.46. The molecule has 0 radical (unpaired) electrons. The summed E-state index contributed by atoms with van der Waals surface area (Å²) >= 11 is 0. The summed E-state index contributed by atoms with van der Waals surface area (Å²) in [5.74, 6) is 0.552. The number of hydrazone groups is 1. The molecule has 3 nitrogen and oxygen atoms in total. The van der Waals surface area contributed by atoms with E-state index in [1.54, 1.807) is 0 Å². The Hall–Kier alpha value is -1.12. The van der Waals surface area contributed by atoms with Gasteiger partial charge in [0, 0.05) is 30.7 Å². The summed E-state index contributed by atoms with van der Waals surface area (Å²) in [6.45, 7) is 1.04. The SMILES string of the molecule is C1=CC2CN3N=CCC3N=C2C1. The smallest absolute Gasteiger partial charge is 0.141 e. The van der Waals surface area contributed by atoms with Crippen LogP contribution in [0, 0.1) is 5.92 Å². The molecule has 2 aliphatic heterocycles. The molecule has 2 unspecified atom stereocenters. The van der Waals surface area contributed by atoms with Crippen LogP contribution in [0.15, 0.2) is 22.2 Å². The molecule has 1 aliphatic carbocycles. The van der Waals surface area contributed by atoms with Crippen LogP contribution in [0.25, 0.3) is 0 Å². The van der Waals surface area contributed by atoms with Crippen molar-refractivity contribution in [2.75, 3.05) is 6.54 Å². The van der Waals surface area contributed by atoms with Crippen LogP contribution in [0.4, 0.5) is 0 Å². The van der Waals surface area contributed by atoms with Crippen molar-refractivity contribution in [3.05, 3.63) is 12.2 Å². The Kier molecular flexibility index (Phi) is 1.17. The third-order valence-corrected chi connectivity index (χ3v) is 2.71. The highest BCUT2D eigenvalue weighted by Crippen LogP contribution is 2.26. The number of fused-ring (bicyclic) bond motifs is 2. The first-order valence-electron chi connectivity index (χ1n) is 4.46. The maximum absolute atomic E-state index is 4.66. The second-order valence-electron chi connectivity index (χ2n) is 3.50. The molecule has 0 amide bonds. The quantitative estimate of drug-likeness (QED) is 0.488. The Morgan fingerprint density at radius 3 is 3.50 bits per heavy atom. The van der Waals surface area contributed by atoms with Gasteiger partial charge in [-0.2, -0.15) is 5.10 Å². The summed E-state index contributed by atoms with van der Waals surface area (Å²) in [7, 11) is 0. The largest absolute Gasteiger partial charge is 0.272 e. The van der Waals surface area contributed by atoms with Crippen molar-refractivity contribution >= 4 is 11.9 Å². The van der Waals surface area contributed by atoms with Gasteiger partial charge in [-0.1, -0.05) is 12.2 Å². The predicted octanol–water partition coefficient (Wildman–Crippen LogP) is 1.03. The maximum Gasteiger partial charge on any atom is 0.141 e. The van der Waals surface area contributed by atoms with Gasteiger partial charge in [-0.05, 0) is 0 Å². The van der Waals surface area contributed by atoms with E-state index in [4.69, 9.17) is 0 Å². The number of hydrogen-bond acceptors (Lipinski definition) is 3. The molecule has 0 aromatic heterocycles. The molecule has 3 heteroatoms. The maximum atomic E-state index is 4.66. The van der Waals surface area contributed by atoms with Crippen molar-refractivity contribution in [1.29, 1.82) is 0 Å². The molecule has 0 bridgehead atoms. The van der Waals surface area contributed by atoms with E-state index in [-0.39, 0.29) is 0 Å². The molecule has 2 atom stereocenters. The molecule has 3 rings (SSSR count). The Morgan fingerprint density at radius 1 is 1.50 bits per heavy atom. The van der Waals surface area contributed by atoms with Gasteiger partial charge in [0.15, 0.2) is 0 Å². The van der Waals surface area contributed by atoms with E-state index >= 15 is 0 Å². The van der Waals surface area contributed by atoms with E-state index in [1.807, 2.05) is 6.21 Å². The highest BCUT2D eigenvalue weighted by molar-refractivity contribution is 5.93. The Bertz CT molecular complexity index is 290. The van der Waals surface area contributed by atoms with Gasteiger partial charge in [0.25, 0.3) is 0 Å². The Morgan fingerprint density at radius 2 is 2.50 bits per heavy atom. The van der Waals surface area contributed by atoms with E-state index in [2.05, 4.69) is 27.3 Å². The Balaban J connectivity index is 1.94. The van der Waals surface area contributed by atoms with Gasteiger partial charge in [-0.15, -0.1) is 0 Å². The second-order valence-corrected chi connectivity index (χ2v) is 3.50. The van der Waals surface area contributed by atoms with Crippen molar-refractivity contribution in [3.63, 3.8) is 0 Å². The fourth-order valence-electron chi connectivity index (χ4n) is 2.06. The molecule has 62 valence electrons. The molecular weight excluding hydrogens is 150 g/mol. The van der Waals surface area contributed by atoms with Gasteiger partial charge in [0.05, 0.1) is 6.54 Å². The second kappa shape index (κ2) is 2.19. The van der Waals surface area contributed by atoms with Gasteiger partial charge >= 0.3 is 0 Å². The van der Waals surface area contributed by atoms with Gasteiger partial charge in [-0.3, -0.25) is 10.0 Å². The highest BCUT2D eigenvalue weighted by atomic mass is 15.5. The molecule has 0 aromatic carbocycles. The predicted molar refractivity (Wildman–Crippen MR) is 48.3 cm³/mol. The lowest BCUT2D eigenvalue weighted by atomic mass is 10.0. The van der Waals surface area contributed by atoms with Crippen molar-refractivity contribution < 1.29 is 0 Å². The van der Waals surface area contributed by atoms with E-state index in [0.29, 0.717) is 12.1 Å². The number of allylic oxidation sites excluding steroid dienone is 1. The molecule has 0 fully saturated rings. The van der Waals surface area contributed by atoms with Crippen molar-refractivity contribution in [2.24, 2.45) is 16.0 Å². The van der Waals surface area contributed by atoms with E-state index in [1.165, 1.54) is 5.71 Å². The molecule has 0 aromatic rings. The number of aliphatic imine (C=N–C) groups is 1. The van der Waals surface area contributed by atoms with Crippen molar-refractivity contribution in [1.82, 2.24) is 5.01 Å². The minimum Gasteiger partial charge on any atom is -0.272 e. The van der Waals surface area contributed by atoms with E-state index < -0.39 is 0 Å². The van der Waals surface area contributed by atoms with Crippen LogP contribution in [-0.4, -0.2) is 29.6 Å². The molecule has 2 heterocycles. The first-order chi connectivity index (χ1) is 5.93. The summed E-state index contributed by atoms with van der Waals surface area (Å²) in [5, 5.41) is 6.39. The summed E-state index contributed by atoms with van der Waals surface area (Å²) in [5.41, 5.74) is 1.36. The zero-order valence-corrected chi connectivity index (χ0v) is 6.85. The fraction of sp³-hybridized carbons (Fsp3) is 0.556. The van der Waals surface area contributed by atoms with Crippen LogP contribution in [0.5, 0.6) is 0 Å². The average Bonchev–Trinajstić information content (AvgIpc) is 2.64. The summed E-state index contributed by atoms with van der Waals surface area (Å²) in [4.78, 5) is 4.66. The third-order valence-electron chi connectivity index (χ3n) is 2.71. The average molecular weight is 161 g/mol. The standard InChI is InChI=1S/C9H11N3/c1-2-7-6-12-9(4-5-10-12)11-8(7)3-1/h1-2,5,7,9H,3-4,6H2. The van der Waals surface area contributed by atoms with Crippen LogP contribution in [-0.2, 0) is 0 Å². The molecule has 0 N–H and O–H groups in total. The lowest BCUT2D eigenvalue weighted by molar-refractivity contribution is 0.216. The zero-order chi connectivity index (χ0) is 7.97. The Labute approximate surface area is 71.5 Å². The molecule has 0 spiro atoms. The monoisotopic (exact) mass is 161 g/mol. The topological polar surface area (TPSA) is 28.0 Å². The lowest BCUT2D eigenvalue weighted by Gasteiger charge is -2.29. The van der Waals surface area contributed by atoms with Crippen LogP contribution < -0.4 is 0 Å². The van der Waals surface area contributed by atoms with Crippen LogP contribution in [0.3, 0.4) is 0 Å². The van der Waals surface area contributed by atoms with Gasteiger partial charge < -0.3 is 0 Å². The van der Waals surface area contributed by atoms with Crippen molar-refractivity contribution in [3.8, 4) is 0 Å². The van der Waals surface area contributed by atoms with Gasteiger partial charge in [0.2, 0.25) is 0 Å². The van der Waals surface area contributed by atoms with Crippen LogP contribution in [0.1, 0.15) is 12.8 Å². The fourth-order valence-corrected chi connectivity index (χ4v) is 2.06. The number of hydrogen-bond donors (Lipinski definition) is 0. The van der Waals surface area contributed by atoms with Crippen LogP contribution >= 0.6 is 0 Å². The van der Waals surface area contributed by atoms with Crippen LogP contribution in [0.2, 0.25) is 0 Å². The van der Waals surface area contributed by atoms with Gasteiger partial charge in [-0.25, -0.2) is 0 Å². The van der Waals surface area contributed by atoms with Gasteiger partial charge in [0.1, 0.15) is 6.17 Å². The van der Waals surface area contributed by atoms with Crippen molar-refractivity contribution in [2.45, 2.75) is 19.0 Å². The third kappa shape index (κ3) is 0.763. The molecule has 0 saturated carbocycles. The number of nitrogens with zero attached hydrogens (tertiary/aromatic N) is 3. The van der Waals surface area contributed by atoms with E-state index in [0.717, 1.165) is 19.4 Å². The lowest BCUT2D eigenvalue weighted by Crippen LogP contribution is -2.37. The summed E-state index contributed by atoms with van der Waals surface area (Å²) in [6.07, 6.45) is 8.83. The molecule has 12 heavy (non-hydrogen) atoms. The minimum absolute atomic E-state index is 0.330. The molecule has 0 saturated heterocycles.